The number of aryl methyl sites for hydroxylation is 2. The van der Waals surface area contributed by atoms with Crippen molar-refractivity contribution in [3.8, 4) is 6.07 Å². The quantitative estimate of drug-likeness (QED) is 0.287. The van der Waals surface area contributed by atoms with Gasteiger partial charge in [-0.05, 0) is 44.0 Å². The third-order valence-electron chi connectivity index (χ3n) is 6.11. The molecule has 1 aliphatic carbocycles. The van der Waals surface area contributed by atoms with Gasteiger partial charge in [0.1, 0.15) is 17.3 Å². The number of alkyl halides is 2. The van der Waals surface area contributed by atoms with E-state index < -0.39 is 12.6 Å². The summed E-state index contributed by atoms with van der Waals surface area (Å²) in [7, 11) is 3.77. The Morgan fingerprint density at radius 1 is 1.22 bits per heavy atom. The Bertz CT molecular complexity index is 1330. The molecule has 8 nitrogen and oxygen atoms in total. The van der Waals surface area contributed by atoms with Crippen LogP contribution >= 0.6 is 0 Å². The lowest BCUT2D eigenvalue weighted by Crippen LogP contribution is -2.34. The summed E-state index contributed by atoms with van der Waals surface area (Å²) in [6.07, 6.45) is 7.09. The predicted octanol–water partition coefficient (Wildman–Crippen LogP) is 4.68. The molecule has 0 radical (unpaired) electrons. The van der Waals surface area contributed by atoms with E-state index in [9.17, 15) is 18.0 Å². The Kier molecular flexibility index (Phi) is 9.00. The molecule has 0 N–H and O–H groups in total. The van der Waals surface area contributed by atoms with Gasteiger partial charge in [0.2, 0.25) is 5.95 Å². The van der Waals surface area contributed by atoms with Crippen LogP contribution in [0.1, 0.15) is 49.1 Å². The van der Waals surface area contributed by atoms with Gasteiger partial charge in [0.05, 0.1) is 17.4 Å². The number of oxime groups is 1. The van der Waals surface area contributed by atoms with Gasteiger partial charge in [-0.1, -0.05) is 24.4 Å². The molecule has 3 aromatic heterocycles. The monoisotopic (exact) mass is 500 g/mol. The number of aromatic nitrogens is 3. The number of fused-ring (bicyclic) bond motifs is 1. The average Bonchev–Trinajstić information content (AvgIpc) is 2.87. The molecule has 36 heavy (non-hydrogen) atoms. The first-order valence-corrected chi connectivity index (χ1v) is 11.5. The highest BCUT2D eigenvalue weighted by Gasteiger charge is 2.21. The van der Waals surface area contributed by atoms with Crippen LogP contribution in [0.3, 0.4) is 0 Å². The van der Waals surface area contributed by atoms with E-state index in [1.54, 1.807) is 29.8 Å². The molecule has 3 heterocycles. The molecule has 1 fully saturated rings. The number of pyridine rings is 3. The van der Waals surface area contributed by atoms with Gasteiger partial charge in [0.25, 0.3) is 5.56 Å². The summed E-state index contributed by atoms with van der Waals surface area (Å²) >= 11 is 0. The van der Waals surface area contributed by atoms with E-state index in [1.165, 1.54) is 32.3 Å². The van der Waals surface area contributed by atoms with E-state index in [0.717, 1.165) is 41.8 Å². The SMILES string of the molecule is CN(c1cc(=O)n(C)c2ccc(C#N)nc12)C1CCCCC1.Cc1nc(F)ccc1/C=N\OC(F)F. The molecule has 190 valence electrons. The van der Waals surface area contributed by atoms with Crippen molar-refractivity contribution in [2.45, 2.75) is 51.7 Å². The molecule has 0 aliphatic heterocycles. The molecule has 0 bridgehead atoms. The summed E-state index contributed by atoms with van der Waals surface area (Å²) in [4.78, 5) is 26.0. The lowest BCUT2D eigenvalue weighted by atomic mass is 9.94. The van der Waals surface area contributed by atoms with Crippen LogP contribution in [0.5, 0.6) is 0 Å². The molecule has 0 amide bonds. The molecule has 0 saturated heterocycles. The second kappa shape index (κ2) is 12.2. The van der Waals surface area contributed by atoms with Gasteiger partial charge >= 0.3 is 6.61 Å². The summed E-state index contributed by atoms with van der Waals surface area (Å²) < 4.78 is 37.1. The van der Waals surface area contributed by atoms with Gasteiger partial charge in [0.15, 0.2) is 0 Å². The second-order valence-electron chi connectivity index (χ2n) is 8.41. The first-order valence-electron chi connectivity index (χ1n) is 11.5. The largest absolute Gasteiger partial charge is 0.407 e. The van der Waals surface area contributed by atoms with Crippen LogP contribution < -0.4 is 10.5 Å². The smallest absolute Gasteiger partial charge is 0.370 e. The van der Waals surface area contributed by atoms with Crippen molar-refractivity contribution in [2.75, 3.05) is 11.9 Å². The highest BCUT2D eigenvalue weighted by molar-refractivity contribution is 5.88. The fraction of sp³-hybridized carbons (Fsp3) is 0.400. The predicted molar refractivity (Wildman–Crippen MR) is 131 cm³/mol. The molecular formula is C25H27F3N6O2. The van der Waals surface area contributed by atoms with Gasteiger partial charge < -0.3 is 14.3 Å². The Balaban J connectivity index is 0.000000223. The molecule has 3 aromatic rings. The number of rotatable bonds is 5. The normalized spacial score (nSPS) is 13.9. The van der Waals surface area contributed by atoms with E-state index in [4.69, 9.17) is 5.26 Å². The molecular weight excluding hydrogens is 473 g/mol. The van der Waals surface area contributed by atoms with E-state index in [-0.39, 0.29) is 5.56 Å². The number of nitrogens with zero attached hydrogens (tertiary/aromatic N) is 6. The minimum absolute atomic E-state index is 0.0448. The van der Waals surface area contributed by atoms with E-state index in [1.807, 2.05) is 7.05 Å². The van der Waals surface area contributed by atoms with Crippen molar-refractivity contribution in [1.29, 1.82) is 5.26 Å². The maximum Gasteiger partial charge on any atom is 0.407 e. The number of halogens is 3. The maximum absolute atomic E-state index is 12.5. The Labute approximate surface area is 206 Å². The average molecular weight is 501 g/mol. The highest BCUT2D eigenvalue weighted by Crippen LogP contribution is 2.29. The number of hydrogen-bond donors (Lipinski definition) is 0. The van der Waals surface area contributed by atoms with Crippen molar-refractivity contribution >= 4 is 22.9 Å². The van der Waals surface area contributed by atoms with Gasteiger partial charge in [0, 0.05) is 37.5 Å². The van der Waals surface area contributed by atoms with Gasteiger partial charge in [-0.15, -0.1) is 0 Å². The van der Waals surface area contributed by atoms with Crippen LogP contribution in [0, 0.1) is 24.2 Å². The molecule has 4 rings (SSSR count). The van der Waals surface area contributed by atoms with E-state index in [0.29, 0.717) is 23.0 Å². The fourth-order valence-corrected chi connectivity index (χ4v) is 4.12. The molecule has 1 aliphatic rings. The van der Waals surface area contributed by atoms with Crippen molar-refractivity contribution in [2.24, 2.45) is 12.2 Å². The molecule has 0 aromatic carbocycles. The lowest BCUT2D eigenvalue weighted by Gasteiger charge is -2.33. The third-order valence-corrected chi connectivity index (χ3v) is 6.11. The lowest BCUT2D eigenvalue weighted by molar-refractivity contribution is -0.127. The number of nitriles is 1. The standard InChI is InChI=1S/C17H20N4O.C8H7F3N2O/c1-20(13-6-4-3-5-7-13)15-10-16(22)21(2)14-9-8-12(11-18)19-17(14)15;1-5-6(2-3-7(9)13-5)4-12-14-8(10)11/h8-10,13H,3-7H2,1-2H3;2-4,8H,1H3/b;12-4-. The van der Waals surface area contributed by atoms with Crippen molar-refractivity contribution in [1.82, 2.24) is 14.5 Å². The van der Waals surface area contributed by atoms with E-state index in [2.05, 4.69) is 30.9 Å². The summed E-state index contributed by atoms with van der Waals surface area (Å²) in [5.41, 5.74) is 3.44. The number of anilines is 1. The summed E-state index contributed by atoms with van der Waals surface area (Å²) in [6.45, 7) is -1.42. The Hall–Kier alpha value is -3.94. The summed E-state index contributed by atoms with van der Waals surface area (Å²) in [5.74, 6) is -0.630. The third kappa shape index (κ3) is 6.59. The zero-order valence-corrected chi connectivity index (χ0v) is 20.3. The van der Waals surface area contributed by atoms with Crippen LogP contribution in [0.4, 0.5) is 18.9 Å². The second-order valence-corrected chi connectivity index (χ2v) is 8.41. The van der Waals surface area contributed by atoms with Crippen molar-refractivity contribution in [3.05, 3.63) is 63.6 Å². The first kappa shape index (κ1) is 26.7. The molecule has 11 heteroatoms. The molecule has 0 atom stereocenters. The summed E-state index contributed by atoms with van der Waals surface area (Å²) in [6, 6.07) is 10.1. The van der Waals surface area contributed by atoms with Gasteiger partial charge in [-0.25, -0.2) is 9.97 Å². The minimum Gasteiger partial charge on any atom is -0.370 e. The van der Waals surface area contributed by atoms with Crippen molar-refractivity contribution in [3.63, 3.8) is 0 Å². The first-order chi connectivity index (χ1) is 17.2. The topological polar surface area (TPSA) is 96.4 Å². The zero-order valence-electron chi connectivity index (χ0n) is 20.3. The molecule has 0 unspecified atom stereocenters. The van der Waals surface area contributed by atoms with Crippen LogP contribution in [0.25, 0.3) is 11.0 Å². The zero-order chi connectivity index (χ0) is 26.2. The van der Waals surface area contributed by atoms with Gasteiger partial charge in [-0.3, -0.25) is 4.79 Å². The number of hydrogen-bond acceptors (Lipinski definition) is 7. The fourth-order valence-electron chi connectivity index (χ4n) is 4.12. The van der Waals surface area contributed by atoms with Crippen LogP contribution in [-0.4, -0.2) is 40.5 Å². The van der Waals surface area contributed by atoms with Crippen molar-refractivity contribution < 1.29 is 18.0 Å². The highest BCUT2D eigenvalue weighted by atomic mass is 19.3. The molecule has 1 saturated carbocycles. The van der Waals surface area contributed by atoms with Crippen LogP contribution in [-0.2, 0) is 11.9 Å². The Morgan fingerprint density at radius 2 is 1.94 bits per heavy atom. The minimum atomic E-state index is -2.96. The Morgan fingerprint density at radius 3 is 2.58 bits per heavy atom. The van der Waals surface area contributed by atoms with Gasteiger partial charge in [-0.2, -0.15) is 18.4 Å². The maximum atomic E-state index is 12.5. The summed E-state index contributed by atoms with van der Waals surface area (Å²) in [5, 5.41) is 12.1. The van der Waals surface area contributed by atoms with Crippen LogP contribution in [0.15, 0.2) is 40.3 Å². The van der Waals surface area contributed by atoms with E-state index >= 15 is 0 Å². The molecule has 0 spiro atoms. The van der Waals surface area contributed by atoms with Crippen LogP contribution in [0.2, 0.25) is 0 Å².